The van der Waals surface area contributed by atoms with Crippen molar-refractivity contribution in [3.8, 4) is 5.75 Å². The summed E-state index contributed by atoms with van der Waals surface area (Å²) < 4.78 is 31.8. The molecule has 0 spiro atoms. The number of hydrogen-bond acceptors (Lipinski definition) is 6. The van der Waals surface area contributed by atoms with Gasteiger partial charge in [0.05, 0.1) is 5.56 Å². The van der Waals surface area contributed by atoms with Crippen LogP contribution in [0.25, 0.3) is 10.1 Å². The number of carboxylic acids is 1. The van der Waals surface area contributed by atoms with Gasteiger partial charge in [-0.3, -0.25) is 9.59 Å². The van der Waals surface area contributed by atoms with E-state index in [2.05, 4.69) is 31.3 Å². The van der Waals surface area contributed by atoms with E-state index in [0.717, 1.165) is 30.4 Å². The highest BCUT2D eigenvalue weighted by molar-refractivity contribution is 7.87. The third-order valence-electron chi connectivity index (χ3n) is 8.77. The van der Waals surface area contributed by atoms with Gasteiger partial charge in [-0.2, -0.15) is 8.42 Å². The Kier molecular flexibility index (Phi) is 8.06. The number of fused-ring (bicyclic) bond motifs is 3. The lowest BCUT2D eigenvalue weighted by Gasteiger charge is -2.62. The molecule has 6 rings (SSSR count). The van der Waals surface area contributed by atoms with E-state index < -0.39 is 16.1 Å². The zero-order valence-corrected chi connectivity index (χ0v) is 24.3. The first-order valence-electron chi connectivity index (χ1n) is 13.7. The number of thiophene rings is 1. The van der Waals surface area contributed by atoms with Crippen LogP contribution in [-0.4, -0.2) is 31.4 Å². The molecule has 3 aromatic rings. The molecule has 2 aromatic carbocycles. The van der Waals surface area contributed by atoms with Crippen LogP contribution in [0.2, 0.25) is 0 Å². The zero-order chi connectivity index (χ0) is 28.5. The summed E-state index contributed by atoms with van der Waals surface area (Å²) in [5.41, 5.74) is 0.688. The van der Waals surface area contributed by atoms with Crippen molar-refractivity contribution in [2.45, 2.75) is 63.3 Å². The van der Waals surface area contributed by atoms with Crippen LogP contribution in [0.5, 0.6) is 5.75 Å². The first-order valence-corrected chi connectivity index (χ1v) is 16.0. The van der Waals surface area contributed by atoms with Crippen molar-refractivity contribution >= 4 is 43.4 Å². The van der Waals surface area contributed by atoms with E-state index in [1.165, 1.54) is 23.5 Å². The number of hydrogen-bond donors (Lipinski definition) is 2. The fraction of sp³-hybridized carbons (Fsp3) is 0.419. The lowest BCUT2D eigenvalue weighted by atomic mass is 9.44. The van der Waals surface area contributed by atoms with E-state index in [0.29, 0.717) is 35.1 Å². The number of carbonyl (C=O) groups is 2. The van der Waals surface area contributed by atoms with Gasteiger partial charge in [0.2, 0.25) is 0 Å². The summed E-state index contributed by atoms with van der Waals surface area (Å²) in [7, 11) is -3.99. The fourth-order valence-corrected chi connectivity index (χ4v) is 8.22. The number of benzene rings is 2. The van der Waals surface area contributed by atoms with Crippen LogP contribution < -0.4 is 9.50 Å². The summed E-state index contributed by atoms with van der Waals surface area (Å²) in [6, 6.07) is 13.0. The predicted octanol–water partition coefficient (Wildman–Crippen LogP) is 6.65. The highest BCUT2D eigenvalue weighted by atomic mass is 32.2. The molecule has 1 heterocycles. The number of unbranched alkanes of at least 4 members (excludes halogenated alkanes) is 1. The van der Waals surface area contributed by atoms with Crippen LogP contribution in [0.3, 0.4) is 0 Å². The molecule has 1 amide bonds. The minimum absolute atomic E-state index is 0.0315. The SMILES string of the molecule is CC1(C)[C@H]2C[C@@H](CC=CCCCC(=O)O)C(NC(=O)c3csc4ccc(OS(=O)(=O)c5ccccc5)cc34)[C@@H]1C2. The average Bonchev–Trinajstić information content (AvgIpc) is 3.34. The monoisotopic (exact) mass is 581 g/mol. The summed E-state index contributed by atoms with van der Waals surface area (Å²) in [5, 5.41) is 14.7. The van der Waals surface area contributed by atoms with Crippen LogP contribution in [0, 0.1) is 23.2 Å². The van der Waals surface area contributed by atoms with Gasteiger partial charge in [-0.05, 0) is 85.6 Å². The predicted molar refractivity (Wildman–Crippen MR) is 156 cm³/mol. The third-order valence-corrected chi connectivity index (χ3v) is 11.0. The van der Waals surface area contributed by atoms with Gasteiger partial charge in [-0.15, -0.1) is 11.3 Å². The van der Waals surface area contributed by atoms with Crippen molar-refractivity contribution in [2.24, 2.45) is 23.2 Å². The van der Waals surface area contributed by atoms with E-state index in [1.807, 2.05) is 5.38 Å². The van der Waals surface area contributed by atoms with Gasteiger partial charge in [0, 0.05) is 27.9 Å². The Morgan fingerprint density at radius 1 is 1.12 bits per heavy atom. The largest absolute Gasteiger partial charge is 0.481 e. The summed E-state index contributed by atoms with van der Waals surface area (Å²) in [6.45, 7) is 4.58. The van der Waals surface area contributed by atoms with Gasteiger partial charge in [0.25, 0.3) is 5.91 Å². The van der Waals surface area contributed by atoms with E-state index >= 15 is 0 Å². The Labute approximate surface area is 239 Å². The standard InChI is InChI=1S/C31H35NO6S2/c1-31(2)21-16-20(10-6-3-4-9-13-28(33)34)29(26(31)17-21)32-30(35)25-19-39-27-15-14-22(18-24(25)27)38-40(36,37)23-11-7-5-8-12-23/h3,5-8,11-12,14-15,18-21,26,29H,4,9-10,13,16-17H2,1-2H3,(H,32,35)(H,33,34)/t20-,21+,26+,29?/m1/s1. The minimum Gasteiger partial charge on any atom is -0.481 e. The summed E-state index contributed by atoms with van der Waals surface area (Å²) in [4.78, 5) is 24.5. The molecule has 212 valence electrons. The first kappa shape index (κ1) is 28.4. The Bertz CT molecular complexity index is 1530. The highest BCUT2D eigenvalue weighted by Gasteiger charge is 2.57. The number of carboxylic acid groups (broad SMARTS) is 1. The van der Waals surface area contributed by atoms with E-state index in [9.17, 15) is 18.0 Å². The van der Waals surface area contributed by atoms with Crippen LogP contribution in [-0.2, 0) is 14.9 Å². The quantitative estimate of drug-likeness (QED) is 0.149. The lowest BCUT2D eigenvalue weighted by Crippen LogP contribution is -2.63. The Balaban J connectivity index is 1.32. The van der Waals surface area contributed by atoms with Gasteiger partial charge < -0.3 is 14.6 Å². The fourth-order valence-electron chi connectivity index (χ4n) is 6.35. The summed E-state index contributed by atoms with van der Waals surface area (Å²) >= 11 is 1.44. The van der Waals surface area contributed by atoms with Crippen molar-refractivity contribution in [3.05, 3.63) is 71.6 Å². The van der Waals surface area contributed by atoms with Crippen LogP contribution in [0.1, 0.15) is 62.7 Å². The van der Waals surface area contributed by atoms with Gasteiger partial charge in [-0.25, -0.2) is 0 Å². The third kappa shape index (κ3) is 5.81. The topological polar surface area (TPSA) is 110 Å². The van der Waals surface area contributed by atoms with Crippen LogP contribution in [0.15, 0.2) is 71.0 Å². The number of allylic oxidation sites excluding steroid dienone is 2. The Morgan fingerprint density at radius 2 is 1.90 bits per heavy atom. The van der Waals surface area contributed by atoms with E-state index in [4.69, 9.17) is 9.29 Å². The van der Waals surface area contributed by atoms with Crippen molar-refractivity contribution < 1.29 is 27.3 Å². The number of nitrogens with one attached hydrogen (secondary N) is 1. The van der Waals surface area contributed by atoms with Crippen molar-refractivity contribution in [3.63, 3.8) is 0 Å². The van der Waals surface area contributed by atoms with Gasteiger partial charge in [0.1, 0.15) is 10.6 Å². The molecule has 3 saturated carbocycles. The summed E-state index contributed by atoms with van der Waals surface area (Å²) in [6.07, 6.45) is 8.73. The molecule has 9 heteroatoms. The smallest absolute Gasteiger partial charge is 0.339 e. The molecule has 7 nitrogen and oxygen atoms in total. The van der Waals surface area contributed by atoms with Gasteiger partial charge in [0.15, 0.2) is 0 Å². The normalized spacial score (nSPS) is 23.6. The molecule has 0 saturated heterocycles. The van der Waals surface area contributed by atoms with Crippen molar-refractivity contribution in [2.75, 3.05) is 0 Å². The number of aliphatic carboxylic acids is 1. The number of amides is 1. The maximum Gasteiger partial charge on any atom is 0.339 e. The van der Waals surface area contributed by atoms with Crippen LogP contribution >= 0.6 is 11.3 Å². The summed E-state index contributed by atoms with van der Waals surface area (Å²) in [5.74, 6) is 0.579. The molecule has 40 heavy (non-hydrogen) atoms. The molecular formula is C31H35NO6S2. The molecule has 2 bridgehead atoms. The first-order chi connectivity index (χ1) is 19.1. The van der Waals surface area contributed by atoms with Gasteiger partial charge >= 0.3 is 16.1 Å². The lowest BCUT2D eigenvalue weighted by molar-refractivity contribution is -0.137. The second-order valence-corrected chi connectivity index (χ2v) is 14.0. The number of rotatable bonds is 11. The molecule has 4 atom stereocenters. The minimum atomic E-state index is -3.99. The average molecular weight is 582 g/mol. The molecule has 0 aliphatic heterocycles. The Morgan fingerprint density at radius 3 is 2.62 bits per heavy atom. The highest BCUT2D eigenvalue weighted by Crippen LogP contribution is 2.61. The van der Waals surface area contributed by atoms with Gasteiger partial charge in [-0.1, -0.05) is 44.2 Å². The molecule has 2 N–H and O–H groups in total. The van der Waals surface area contributed by atoms with Crippen molar-refractivity contribution in [1.29, 1.82) is 0 Å². The molecule has 3 aliphatic rings. The number of carbonyl (C=O) groups excluding carboxylic acids is 1. The molecule has 0 radical (unpaired) electrons. The Hall–Kier alpha value is -3.17. The van der Waals surface area contributed by atoms with Crippen molar-refractivity contribution in [1.82, 2.24) is 5.32 Å². The second-order valence-electron chi connectivity index (χ2n) is 11.5. The molecular weight excluding hydrogens is 546 g/mol. The molecule has 1 unspecified atom stereocenters. The molecule has 3 aliphatic carbocycles. The van der Waals surface area contributed by atoms with E-state index in [-0.39, 0.29) is 34.4 Å². The molecule has 1 aromatic heterocycles. The second kappa shape index (κ2) is 11.4. The maximum absolute atomic E-state index is 13.7. The maximum atomic E-state index is 13.7. The van der Waals surface area contributed by atoms with E-state index in [1.54, 1.807) is 36.4 Å². The zero-order valence-electron chi connectivity index (χ0n) is 22.7. The van der Waals surface area contributed by atoms with Crippen LogP contribution in [0.4, 0.5) is 0 Å². The molecule has 3 fully saturated rings.